The molecular weight excluding hydrogens is 240 g/mol. The highest BCUT2D eigenvalue weighted by Crippen LogP contribution is 2.43. The van der Waals surface area contributed by atoms with Gasteiger partial charge in [0.15, 0.2) is 0 Å². The van der Waals surface area contributed by atoms with Gasteiger partial charge in [-0.25, -0.2) is 6.08 Å². The molecule has 0 spiro atoms. The first kappa shape index (κ1) is 16.8. The molecule has 0 heterocycles. The van der Waals surface area contributed by atoms with E-state index in [1.54, 1.807) is 11.6 Å². The van der Waals surface area contributed by atoms with Gasteiger partial charge in [-0.1, -0.05) is 62.6 Å². The second-order valence-corrected chi connectivity index (χ2v) is 6.65. The zero-order valence-corrected chi connectivity index (χ0v) is 13.7. The van der Waals surface area contributed by atoms with Gasteiger partial charge in [-0.3, -0.25) is 6.58 Å². The van der Waals surface area contributed by atoms with Crippen LogP contribution in [0.3, 0.4) is 0 Å². The molecule has 0 nitrogen and oxygen atoms in total. The monoisotopic (exact) mass is 269 g/mol. The van der Waals surface area contributed by atoms with Crippen LogP contribution in [0.4, 0.5) is 0 Å². The van der Waals surface area contributed by atoms with Crippen molar-refractivity contribution in [2.45, 2.75) is 53.9 Å². The average molecular weight is 269 g/mol. The molecule has 0 radical (unpaired) electrons. The Morgan fingerprint density at radius 1 is 1.20 bits per heavy atom. The highest BCUT2D eigenvalue weighted by molar-refractivity contribution is 5.30. The fourth-order valence-corrected chi connectivity index (χ4v) is 2.89. The smallest absolute Gasteiger partial charge is 0.0139 e. The van der Waals surface area contributed by atoms with E-state index < -0.39 is 0 Å². The molecule has 1 fully saturated rings. The summed E-state index contributed by atoms with van der Waals surface area (Å²) in [7, 11) is 0. The molecule has 1 rings (SSSR count). The summed E-state index contributed by atoms with van der Waals surface area (Å²) in [4.78, 5) is 0. The summed E-state index contributed by atoms with van der Waals surface area (Å²) in [5, 5.41) is 0. The Hall–Kier alpha value is -1.30. The topological polar surface area (TPSA) is 0 Å². The quantitative estimate of drug-likeness (QED) is 0.421. The van der Waals surface area contributed by atoms with Gasteiger partial charge in [0.25, 0.3) is 0 Å². The summed E-state index contributed by atoms with van der Waals surface area (Å²) >= 11 is 0. The summed E-state index contributed by atoms with van der Waals surface area (Å²) in [6, 6.07) is 0. The van der Waals surface area contributed by atoms with Gasteiger partial charge >= 0.3 is 0 Å². The van der Waals surface area contributed by atoms with Crippen LogP contribution in [0.1, 0.15) is 53.9 Å². The minimum Gasteiger partial charge on any atom is -0.293 e. The molecule has 0 aromatic heterocycles. The first-order chi connectivity index (χ1) is 9.36. The summed E-state index contributed by atoms with van der Waals surface area (Å²) in [5.41, 5.74) is 4.29. The van der Waals surface area contributed by atoms with Crippen LogP contribution in [0, 0.1) is 17.9 Å². The van der Waals surface area contributed by atoms with E-state index in [0.717, 1.165) is 5.57 Å². The third kappa shape index (κ3) is 5.00. The standard InChI is InChI=1S/C20H29/c1-7-16(2)10-8-11-17(3)13-14-19-18(4)12-9-15-20(19,5)6/h1,7-8,10-11,13-14,18H,9,12,15H2,2-6H3/q-1/b11-8+,16-10+,17-13+,19-14?. The van der Waals surface area contributed by atoms with Crippen molar-refractivity contribution in [3.63, 3.8) is 0 Å². The van der Waals surface area contributed by atoms with E-state index in [-0.39, 0.29) is 0 Å². The Morgan fingerprint density at radius 2 is 1.90 bits per heavy atom. The minimum atomic E-state index is 0.350. The van der Waals surface area contributed by atoms with Gasteiger partial charge < -0.3 is 0 Å². The Bertz CT molecular complexity index is 452. The predicted octanol–water partition coefficient (Wildman–Crippen LogP) is 6.20. The number of allylic oxidation sites excluding steroid dienone is 9. The Kier molecular flexibility index (Phi) is 6.26. The van der Waals surface area contributed by atoms with Gasteiger partial charge in [0.2, 0.25) is 0 Å². The van der Waals surface area contributed by atoms with E-state index in [4.69, 9.17) is 6.58 Å². The zero-order valence-electron chi connectivity index (χ0n) is 13.7. The molecule has 0 saturated heterocycles. The minimum absolute atomic E-state index is 0.350. The summed E-state index contributed by atoms with van der Waals surface area (Å²) < 4.78 is 0. The molecule has 1 saturated carbocycles. The SMILES string of the molecule is [CH-]=C/C(C)=C/C=C/C(C)=C/C=C1C(C)CCCC1(C)C. The molecule has 20 heavy (non-hydrogen) atoms. The molecule has 1 atom stereocenters. The maximum absolute atomic E-state index is 5.44. The summed E-state index contributed by atoms with van der Waals surface area (Å²) in [5.74, 6) is 0.709. The Morgan fingerprint density at radius 3 is 2.50 bits per heavy atom. The van der Waals surface area contributed by atoms with Crippen LogP contribution in [-0.2, 0) is 0 Å². The molecule has 1 aliphatic rings. The zero-order chi connectivity index (χ0) is 15.2. The van der Waals surface area contributed by atoms with E-state index >= 15 is 0 Å². The summed E-state index contributed by atoms with van der Waals surface area (Å²) in [6.45, 7) is 16.7. The highest BCUT2D eigenvalue weighted by Gasteiger charge is 2.30. The summed E-state index contributed by atoms with van der Waals surface area (Å²) in [6.07, 6.45) is 16.4. The van der Waals surface area contributed by atoms with Gasteiger partial charge in [0, 0.05) is 0 Å². The second kappa shape index (κ2) is 7.47. The lowest BCUT2D eigenvalue weighted by Gasteiger charge is -2.37. The van der Waals surface area contributed by atoms with Gasteiger partial charge in [-0.05, 0) is 31.1 Å². The Balaban J connectivity index is 2.82. The third-order valence-corrected chi connectivity index (χ3v) is 4.26. The molecule has 0 amide bonds. The van der Waals surface area contributed by atoms with E-state index in [2.05, 4.69) is 52.0 Å². The van der Waals surface area contributed by atoms with Crippen molar-refractivity contribution in [3.05, 3.63) is 59.8 Å². The second-order valence-electron chi connectivity index (χ2n) is 6.65. The number of hydrogen-bond donors (Lipinski definition) is 0. The number of hydrogen-bond acceptors (Lipinski definition) is 0. The van der Waals surface area contributed by atoms with Gasteiger partial charge in [-0.2, -0.15) is 5.57 Å². The maximum atomic E-state index is 5.44. The average Bonchev–Trinajstić information content (AvgIpc) is 2.37. The molecule has 0 aliphatic heterocycles. The van der Waals surface area contributed by atoms with Crippen LogP contribution in [0.15, 0.2) is 53.2 Å². The molecule has 0 aromatic carbocycles. The van der Waals surface area contributed by atoms with Crippen LogP contribution in [0.25, 0.3) is 0 Å². The molecule has 0 bridgehead atoms. The normalized spacial score (nSPS) is 26.2. The third-order valence-electron chi connectivity index (χ3n) is 4.26. The first-order valence-electron chi connectivity index (χ1n) is 7.65. The van der Waals surface area contributed by atoms with Crippen molar-refractivity contribution >= 4 is 0 Å². The number of rotatable bonds is 4. The van der Waals surface area contributed by atoms with Crippen molar-refractivity contribution in [2.24, 2.45) is 11.3 Å². The van der Waals surface area contributed by atoms with Crippen molar-refractivity contribution < 1.29 is 0 Å². The first-order valence-corrected chi connectivity index (χ1v) is 7.65. The van der Waals surface area contributed by atoms with Crippen molar-refractivity contribution in [3.8, 4) is 0 Å². The predicted molar refractivity (Wildman–Crippen MR) is 90.4 cm³/mol. The molecule has 0 N–H and O–H groups in total. The fourth-order valence-electron chi connectivity index (χ4n) is 2.89. The van der Waals surface area contributed by atoms with Gasteiger partial charge in [-0.15, -0.1) is 13.0 Å². The van der Waals surface area contributed by atoms with Crippen LogP contribution in [0.5, 0.6) is 0 Å². The lowest BCUT2D eigenvalue weighted by Crippen LogP contribution is -2.24. The molecule has 1 aliphatic carbocycles. The van der Waals surface area contributed by atoms with Gasteiger partial charge in [0.05, 0.1) is 0 Å². The van der Waals surface area contributed by atoms with E-state index in [9.17, 15) is 0 Å². The molecule has 0 aromatic rings. The van der Waals surface area contributed by atoms with Gasteiger partial charge in [0.1, 0.15) is 0 Å². The van der Waals surface area contributed by atoms with Crippen LogP contribution < -0.4 is 0 Å². The fraction of sp³-hybridized carbons (Fsp3) is 0.500. The van der Waals surface area contributed by atoms with E-state index in [1.807, 2.05) is 13.0 Å². The van der Waals surface area contributed by atoms with Crippen LogP contribution in [-0.4, -0.2) is 0 Å². The van der Waals surface area contributed by atoms with Crippen LogP contribution >= 0.6 is 0 Å². The highest BCUT2D eigenvalue weighted by atomic mass is 14.3. The molecule has 1 unspecified atom stereocenters. The van der Waals surface area contributed by atoms with Crippen LogP contribution in [0.2, 0.25) is 0 Å². The Labute approximate surface area is 125 Å². The lowest BCUT2D eigenvalue weighted by atomic mass is 9.68. The van der Waals surface area contributed by atoms with Crippen molar-refractivity contribution in [2.75, 3.05) is 0 Å². The lowest BCUT2D eigenvalue weighted by molar-refractivity contribution is 0.290. The molecule has 110 valence electrons. The molecule has 0 heteroatoms. The van der Waals surface area contributed by atoms with E-state index in [0.29, 0.717) is 11.3 Å². The van der Waals surface area contributed by atoms with Crippen molar-refractivity contribution in [1.29, 1.82) is 0 Å². The molecular formula is C20H29-. The largest absolute Gasteiger partial charge is 0.293 e. The van der Waals surface area contributed by atoms with E-state index in [1.165, 1.54) is 24.8 Å². The maximum Gasteiger partial charge on any atom is -0.0139 e. The van der Waals surface area contributed by atoms with Crippen molar-refractivity contribution in [1.82, 2.24) is 0 Å².